The van der Waals surface area contributed by atoms with Crippen LogP contribution in [0.15, 0.2) is 30.3 Å². The molecule has 0 bridgehead atoms. The first-order valence-electron chi connectivity index (χ1n) is 5.42. The minimum absolute atomic E-state index is 0.0369. The van der Waals surface area contributed by atoms with Crippen molar-refractivity contribution in [3.8, 4) is 11.8 Å². The van der Waals surface area contributed by atoms with E-state index < -0.39 is 12.0 Å². The van der Waals surface area contributed by atoms with E-state index in [1.54, 1.807) is 13.8 Å². The Morgan fingerprint density at radius 1 is 1.38 bits per heavy atom. The topological polar surface area (TPSA) is 37.3 Å². The van der Waals surface area contributed by atoms with Crippen molar-refractivity contribution in [1.29, 1.82) is 0 Å². The van der Waals surface area contributed by atoms with Crippen LogP contribution >= 0.6 is 0 Å². The largest absolute Gasteiger partial charge is 0.380 e. The summed E-state index contributed by atoms with van der Waals surface area (Å²) in [5, 5.41) is 9.69. The zero-order chi connectivity index (χ0) is 12.0. The van der Waals surface area contributed by atoms with Gasteiger partial charge >= 0.3 is 0 Å². The molecule has 1 rings (SSSR count). The lowest BCUT2D eigenvalue weighted by atomic mass is 9.98. The number of carbonyl (C=O) groups is 1. The Morgan fingerprint density at radius 3 is 2.56 bits per heavy atom. The molecule has 0 aliphatic rings. The van der Waals surface area contributed by atoms with E-state index in [0.717, 1.165) is 5.56 Å². The van der Waals surface area contributed by atoms with E-state index in [1.165, 1.54) is 0 Å². The van der Waals surface area contributed by atoms with E-state index >= 15 is 0 Å². The van der Waals surface area contributed by atoms with Crippen molar-refractivity contribution in [3.05, 3.63) is 35.9 Å². The fourth-order valence-electron chi connectivity index (χ4n) is 1.30. The van der Waals surface area contributed by atoms with E-state index in [9.17, 15) is 9.90 Å². The van der Waals surface area contributed by atoms with Gasteiger partial charge in [0.1, 0.15) is 11.9 Å². The van der Waals surface area contributed by atoms with Gasteiger partial charge in [-0.2, -0.15) is 0 Å². The van der Waals surface area contributed by atoms with Gasteiger partial charge in [0.05, 0.1) is 5.92 Å². The van der Waals surface area contributed by atoms with Gasteiger partial charge in [0, 0.05) is 12.0 Å². The standard InChI is InChI=1S/C14H16O2/c1-3-13(15)11(2)14(16)10-9-12-7-5-4-6-8-12/h4-8,11,14,16H,3H2,1-2H3/t11-,14+/m0/s1. The molecule has 0 aliphatic heterocycles. The summed E-state index contributed by atoms with van der Waals surface area (Å²) in [6, 6.07) is 9.41. The van der Waals surface area contributed by atoms with E-state index in [4.69, 9.17) is 0 Å². The lowest BCUT2D eigenvalue weighted by Crippen LogP contribution is -2.23. The van der Waals surface area contributed by atoms with Crippen LogP contribution in [0.3, 0.4) is 0 Å². The molecule has 16 heavy (non-hydrogen) atoms. The summed E-state index contributed by atoms with van der Waals surface area (Å²) in [6.45, 7) is 3.49. The maximum absolute atomic E-state index is 11.3. The van der Waals surface area contributed by atoms with Crippen LogP contribution in [-0.4, -0.2) is 17.0 Å². The highest BCUT2D eigenvalue weighted by Gasteiger charge is 2.17. The van der Waals surface area contributed by atoms with Crippen molar-refractivity contribution >= 4 is 5.78 Å². The summed E-state index contributed by atoms with van der Waals surface area (Å²) in [5.41, 5.74) is 0.845. The van der Waals surface area contributed by atoms with Gasteiger partial charge in [0.25, 0.3) is 0 Å². The van der Waals surface area contributed by atoms with E-state index in [-0.39, 0.29) is 5.78 Å². The number of carbonyl (C=O) groups excluding carboxylic acids is 1. The second-order valence-electron chi connectivity index (χ2n) is 3.69. The van der Waals surface area contributed by atoms with Crippen LogP contribution in [0.2, 0.25) is 0 Å². The van der Waals surface area contributed by atoms with Crippen LogP contribution in [0.4, 0.5) is 0 Å². The number of ketones is 1. The van der Waals surface area contributed by atoms with Crippen molar-refractivity contribution in [2.45, 2.75) is 26.4 Å². The van der Waals surface area contributed by atoms with Crippen LogP contribution < -0.4 is 0 Å². The molecule has 0 saturated carbocycles. The second-order valence-corrected chi connectivity index (χ2v) is 3.69. The summed E-state index contributed by atoms with van der Waals surface area (Å²) < 4.78 is 0. The van der Waals surface area contributed by atoms with Gasteiger partial charge in [-0.05, 0) is 12.1 Å². The van der Waals surface area contributed by atoms with Gasteiger partial charge in [0.2, 0.25) is 0 Å². The third-order valence-electron chi connectivity index (χ3n) is 2.47. The molecule has 0 aromatic heterocycles. The minimum atomic E-state index is -0.882. The smallest absolute Gasteiger partial charge is 0.139 e. The zero-order valence-electron chi connectivity index (χ0n) is 9.60. The van der Waals surface area contributed by atoms with Gasteiger partial charge < -0.3 is 5.11 Å². The maximum atomic E-state index is 11.3. The Bertz CT molecular complexity index is 398. The molecule has 0 saturated heterocycles. The predicted octanol–water partition coefficient (Wildman–Crippen LogP) is 2.01. The highest BCUT2D eigenvalue weighted by molar-refractivity contribution is 5.81. The molecule has 84 valence electrons. The summed E-state index contributed by atoms with van der Waals surface area (Å²) >= 11 is 0. The fourth-order valence-corrected chi connectivity index (χ4v) is 1.30. The van der Waals surface area contributed by atoms with Gasteiger partial charge in [-0.15, -0.1) is 0 Å². The first kappa shape index (κ1) is 12.5. The summed E-state index contributed by atoms with van der Waals surface area (Å²) in [4.78, 5) is 11.3. The van der Waals surface area contributed by atoms with Crippen molar-refractivity contribution < 1.29 is 9.90 Å². The van der Waals surface area contributed by atoms with Crippen LogP contribution in [0.1, 0.15) is 25.8 Å². The lowest BCUT2D eigenvalue weighted by Gasteiger charge is -2.10. The SMILES string of the molecule is CCC(=O)[C@H](C)[C@H](O)C#Cc1ccccc1. The Hall–Kier alpha value is -1.59. The molecule has 0 fully saturated rings. The predicted molar refractivity (Wildman–Crippen MR) is 63.8 cm³/mol. The summed E-state index contributed by atoms with van der Waals surface area (Å²) in [5.74, 6) is 5.17. The molecule has 0 aliphatic carbocycles. The molecule has 0 unspecified atom stereocenters. The quantitative estimate of drug-likeness (QED) is 0.785. The Labute approximate surface area is 96.3 Å². The molecule has 1 aromatic rings. The molecular weight excluding hydrogens is 200 g/mol. The van der Waals surface area contributed by atoms with Crippen LogP contribution in [0.25, 0.3) is 0 Å². The lowest BCUT2D eigenvalue weighted by molar-refractivity contribution is -0.124. The van der Waals surface area contributed by atoms with Crippen molar-refractivity contribution in [2.24, 2.45) is 5.92 Å². The van der Waals surface area contributed by atoms with Crippen molar-refractivity contribution in [2.75, 3.05) is 0 Å². The van der Waals surface area contributed by atoms with E-state index in [1.807, 2.05) is 30.3 Å². The highest BCUT2D eigenvalue weighted by atomic mass is 16.3. The monoisotopic (exact) mass is 216 g/mol. The van der Waals surface area contributed by atoms with Crippen molar-refractivity contribution in [3.63, 3.8) is 0 Å². The number of rotatable bonds is 3. The van der Waals surface area contributed by atoms with Crippen molar-refractivity contribution in [1.82, 2.24) is 0 Å². The molecule has 0 amide bonds. The number of Topliss-reactive ketones (excluding diaryl/α,β-unsaturated/α-hetero) is 1. The highest BCUT2D eigenvalue weighted by Crippen LogP contribution is 2.06. The van der Waals surface area contributed by atoms with Crippen LogP contribution in [0, 0.1) is 17.8 Å². The molecule has 2 nitrogen and oxygen atoms in total. The van der Waals surface area contributed by atoms with Gasteiger partial charge in [-0.3, -0.25) is 4.79 Å². The summed E-state index contributed by atoms with van der Waals surface area (Å²) in [6.07, 6.45) is -0.446. The van der Waals surface area contributed by atoms with E-state index in [0.29, 0.717) is 6.42 Å². The normalized spacial score (nSPS) is 13.4. The zero-order valence-corrected chi connectivity index (χ0v) is 9.60. The first-order chi connectivity index (χ1) is 7.65. The average molecular weight is 216 g/mol. The number of hydrogen-bond acceptors (Lipinski definition) is 2. The summed E-state index contributed by atoms with van der Waals surface area (Å²) in [7, 11) is 0. The molecule has 0 heterocycles. The Morgan fingerprint density at radius 2 is 2.00 bits per heavy atom. The number of hydrogen-bond donors (Lipinski definition) is 1. The maximum Gasteiger partial charge on any atom is 0.139 e. The molecule has 1 aromatic carbocycles. The van der Waals surface area contributed by atoms with Gasteiger partial charge in [0.15, 0.2) is 0 Å². The molecule has 1 N–H and O–H groups in total. The fraction of sp³-hybridized carbons (Fsp3) is 0.357. The minimum Gasteiger partial charge on any atom is -0.380 e. The Kier molecular flexibility index (Phi) is 4.75. The number of benzene rings is 1. The molecule has 0 radical (unpaired) electrons. The third kappa shape index (κ3) is 3.52. The van der Waals surface area contributed by atoms with Crippen LogP contribution in [-0.2, 0) is 4.79 Å². The number of aliphatic hydroxyl groups excluding tert-OH is 1. The molecule has 2 heteroatoms. The van der Waals surface area contributed by atoms with Crippen LogP contribution in [0.5, 0.6) is 0 Å². The second kappa shape index (κ2) is 6.09. The molecular formula is C14H16O2. The van der Waals surface area contributed by atoms with Gasteiger partial charge in [-0.25, -0.2) is 0 Å². The first-order valence-corrected chi connectivity index (χ1v) is 5.42. The molecule has 2 atom stereocenters. The number of aliphatic hydroxyl groups is 1. The third-order valence-corrected chi connectivity index (χ3v) is 2.47. The average Bonchev–Trinajstić information content (AvgIpc) is 2.35. The van der Waals surface area contributed by atoms with Gasteiger partial charge in [-0.1, -0.05) is 43.9 Å². The molecule has 0 spiro atoms. The van der Waals surface area contributed by atoms with E-state index in [2.05, 4.69) is 11.8 Å². The Balaban J connectivity index is 2.68.